The molecule has 6 aromatic rings. The van der Waals surface area contributed by atoms with Crippen molar-refractivity contribution in [2.75, 3.05) is 81.6 Å². The van der Waals surface area contributed by atoms with Crippen molar-refractivity contribution in [1.29, 1.82) is 0 Å². The second-order valence-electron chi connectivity index (χ2n) is 16.1. The van der Waals surface area contributed by atoms with E-state index in [4.69, 9.17) is 29.1 Å². The van der Waals surface area contributed by atoms with E-state index >= 15 is 0 Å². The van der Waals surface area contributed by atoms with Gasteiger partial charge < -0.3 is 50.4 Å². The van der Waals surface area contributed by atoms with Gasteiger partial charge in [-0.15, -0.1) is 5.11 Å². The molecule has 0 bridgehead atoms. The molecule has 25 heteroatoms. The minimum Gasteiger partial charge on any atom is -0.497 e. The maximum absolute atomic E-state index is 13.9. The van der Waals surface area contributed by atoms with E-state index < -0.39 is 34.0 Å². The largest absolute Gasteiger partial charge is 0.497 e. The van der Waals surface area contributed by atoms with Crippen LogP contribution in [0.3, 0.4) is 0 Å². The molecule has 1 aliphatic heterocycles. The zero-order chi connectivity index (χ0) is 60.9. The van der Waals surface area contributed by atoms with Crippen LogP contribution in [-0.2, 0) is 4.79 Å². The summed E-state index contributed by atoms with van der Waals surface area (Å²) in [5.74, 6) is -0.304. The molecule has 6 N–H and O–H groups in total. The van der Waals surface area contributed by atoms with Crippen LogP contribution in [0.25, 0.3) is 22.6 Å². The third-order valence-corrected chi connectivity index (χ3v) is 10.4. The SMILES string of the molecule is CCN=c1cc2oc3cc(NCC)c(F)cc3nc-2cc1F.CCNc1cc(OC)c(N=Nc2ccc([N+](=O)[O-])cc2)cc1F.CCNc1cc(OC)ccc1F.COc1ccc(F)c(N)c1.COc1ccc(F)c(NC(C)=O)c1.[B]C. The number of anilines is 5. The summed E-state index contributed by atoms with van der Waals surface area (Å²) in [5.41, 5.74) is 8.33. The molecule has 0 aromatic heterocycles. The molecule has 0 atom stereocenters. The lowest BCUT2D eigenvalue weighted by molar-refractivity contribution is -0.384. The molecule has 434 valence electrons. The Morgan fingerprint density at radius 1 is 0.622 bits per heavy atom. The lowest BCUT2D eigenvalue weighted by Gasteiger charge is -2.09. The molecule has 2 radical (unpaired) electrons. The number of methoxy groups -OCH3 is 4. The number of carbonyl (C=O) groups is 1. The van der Waals surface area contributed by atoms with Gasteiger partial charge in [-0.25, -0.2) is 31.3 Å². The molecule has 1 heterocycles. The second kappa shape index (κ2) is 34.5. The van der Waals surface area contributed by atoms with Crippen LogP contribution < -0.4 is 51.3 Å². The number of nitrogens with zero attached hydrogens (tertiary/aromatic N) is 5. The van der Waals surface area contributed by atoms with Crippen LogP contribution in [0.4, 0.5) is 71.8 Å². The summed E-state index contributed by atoms with van der Waals surface area (Å²) in [7, 11) is 10.5. The Labute approximate surface area is 471 Å². The van der Waals surface area contributed by atoms with Crippen molar-refractivity contribution < 1.29 is 59.4 Å². The Bertz CT molecular complexity index is 3410. The van der Waals surface area contributed by atoms with Crippen LogP contribution in [0, 0.1) is 45.0 Å². The number of hydrogen-bond acceptors (Lipinski definition) is 16. The number of non-ortho nitro benzene ring substituents is 1. The maximum atomic E-state index is 13.9. The van der Waals surface area contributed by atoms with E-state index in [2.05, 4.69) is 49.3 Å². The average Bonchev–Trinajstić information content (AvgIpc) is 3.46. The number of nitrogens with one attached hydrogen (secondary N) is 4. The van der Waals surface area contributed by atoms with Gasteiger partial charge in [-0.05, 0) is 76.2 Å². The van der Waals surface area contributed by atoms with Gasteiger partial charge in [-0.1, -0.05) is 6.82 Å². The number of benzene rings is 7. The van der Waals surface area contributed by atoms with Gasteiger partial charge in [0.2, 0.25) is 5.91 Å². The first-order chi connectivity index (χ1) is 39.3. The lowest BCUT2D eigenvalue weighted by atomic mass is 10.2. The number of fused-ring (bicyclic) bond motifs is 2. The zero-order valence-corrected chi connectivity index (χ0v) is 46.7. The number of azo groups is 1. The summed E-state index contributed by atoms with van der Waals surface area (Å²) in [6.07, 6.45) is 0. The van der Waals surface area contributed by atoms with Gasteiger partial charge in [-0.3, -0.25) is 19.9 Å². The molecular weight excluding hydrogens is 1080 g/mol. The number of ether oxygens (including phenoxy) is 4. The van der Waals surface area contributed by atoms with Crippen molar-refractivity contribution in [3.63, 3.8) is 0 Å². The van der Waals surface area contributed by atoms with E-state index in [1.54, 1.807) is 25.3 Å². The number of nitro benzene ring substituents is 1. The molecule has 8 rings (SSSR count). The molecule has 6 aromatic carbocycles. The van der Waals surface area contributed by atoms with Crippen LogP contribution >= 0.6 is 0 Å². The highest BCUT2D eigenvalue weighted by Gasteiger charge is 2.15. The normalized spacial score (nSPS) is 10.4. The minimum absolute atomic E-state index is 0.0393. The summed E-state index contributed by atoms with van der Waals surface area (Å²) in [4.78, 5) is 29.1. The van der Waals surface area contributed by atoms with Crippen molar-refractivity contribution in [2.24, 2.45) is 15.2 Å². The van der Waals surface area contributed by atoms with E-state index in [0.717, 1.165) is 0 Å². The zero-order valence-electron chi connectivity index (χ0n) is 46.7. The molecule has 0 spiro atoms. The van der Waals surface area contributed by atoms with Gasteiger partial charge in [0.15, 0.2) is 17.2 Å². The smallest absolute Gasteiger partial charge is 0.269 e. The highest BCUT2D eigenvalue weighted by molar-refractivity contribution is 6.05. The van der Waals surface area contributed by atoms with Crippen molar-refractivity contribution in [3.05, 3.63) is 166 Å². The summed E-state index contributed by atoms with van der Waals surface area (Å²) in [6, 6.07) is 26.9. The maximum Gasteiger partial charge on any atom is 0.269 e. The molecule has 0 unspecified atom stereocenters. The number of amides is 1. The number of nitrogen functional groups attached to an aromatic ring is 1. The van der Waals surface area contributed by atoms with Crippen molar-refractivity contribution >= 4 is 70.4 Å². The molecule has 1 aliphatic carbocycles. The highest BCUT2D eigenvalue weighted by Crippen LogP contribution is 2.35. The Balaban J connectivity index is 0.000000277. The van der Waals surface area contributed by atoms with Crippen molar-refractivity contribution in [1.82, 2.24) is 4.98 Å². The predicted octanol–water partition coefficient (Wildman–Crippen LogP) is 13.8. The number of hydrogen-bond donors (Lipinski definition) is 5. The summed E-state index contributed by atoms with van der Waals surface area (Å²) in [5, 5.41) is 29.7. The fraction of sp³-hybridized carbons (Fsp3) is 0.246. The van der Waals surface area contributed by atoms with Gasteiger partial charge in [0.05, 0.1) is 80.7 Å². The van der Waals surface area contributed by atoms with Crippen LogP contribution in [0.2, 0.25) is 6.82 Å². The second-order valence-corrected chi connectivity index (χ2v) is 16.1. The predicted molar refractivity (Wildman–Crippen MR) is 309 cm³/mol. The van der Waals surface area contributed by atoms with Gasteiger partial charge in [0.25, 0.3) is 5.69 Å². The molecule has 1 amide bonds. The first kappa shape index (κ1) is 66.7. The summed E-state index contributed by atoms with van der Waals surface area (Å²) in [6.45, 7) is 12.6. The van der Waals surface area contributed by atoms with Gasteiger partial charge >= 0.3 is 0 Å². The van der Waals surface area contributed by atoms with Crippen LogP contribution in [-0.4, -0.2) is 78.3 Å². The Morgan fingerprint density at radius 2 is 1.13 bits per heavy atom. The van der Waals surface area contributed by atoms with Crippen LogP contribution in [0.1, 0.15) is 34.6 Å². The van der Waals surface area contributed by atoms with E-state index in [9.17, 15) is 41.3 Å². The lowest BCUT2D eigenvalue weighted by Crippen LogP contribution is -2.10. The topological polar surface area (TPSA) is 234 Å². The summed E-state index contributed by atoms with van der Waals surface area (Å²) < 4.78 is 106. The Hall–Kier alpha value is -9.55. The number of carbonyl (C=O) groups excluding carboxylic acids is 1. The molecule has 0 saturated carbocycles. The third-order valence-electron chi connectivity index (χ3n) is 10.4. The molecule has 0 fully saturated rings. The van der Waals surface area contributed by atoms with Crippen molar-refractivity contribution in [3.8, 4) is 34.5 Å². The summed E-state index contributed by atoms with van der Waals surface area (Å²) >= 11 is 0. The number of rotatable bonds is 15. The monoisotopic (exact) mass is 1140 g/mol. The van der Waals surface area contributed by atoms with Gasteiger partial charge in [0.1, 0.15) is 69.0 Å². The first-order valence-corrected chi connectivity index (χ1v) is 24.9. The van der Waals surface area contributed by atoms with Crippen LogP contribution in [0.5, 0.6) is 23.0 Å². The quantitative estimate of drug-likeness (QED) is 0.0122. The van der Waals surface area contributed by atoms with E-state index in [0.29, 0.717) is 94.5 Å². The molecule has 0 saturated heterocycles. The fourth-order valence-electron chi connectivity index (χ4n) is 6.66. The number of aromatic nitrogens is 1. The van der Waals surface area contributed by atoms with Crippen molar-refractivity contribution in [2.45, 2.75) is 41.4 Å². The number of nitro groups is 1. The number of nitrogens with two attached hydrogens (primary N) is 1. The third kappa shape index (κ3) is 20.6. The fourth-order valence-corrected chi connectivity index (χ4v) is 6.66. The molecule has 18 nitrogen and oxygen atoms in total. The highest BCUT2D eigenvalue weighted by atomic mass is 19.1. The van der Waals surface area contributed by atoms with E-state index in [1.165, 1.54) is 132 Å². The Morgan fingerprint density at radius 3 is 1.65 bits per heavy atom. The molecule has 2 aliphatic rings. The standard InChI is InChI=1S/C16H15F2N3O.C15H15FN4O3.C9H10FNO2.C9H12FNO.C7H8FNO.CH3B/c1-3-19-11-7-15-13(5-9(11)17)21-14-6-10(18)12(20-4-2)8-16(14)22-15;1-3-17-13-9-15(23-2)14(8-12(13)16)19-18-10-4-6-11(7-5-10)20(21)22;1-6(12)11-9-5-7(13-2)3-4-8(9)10;1-3-11-9-6-7(12-2)4-5-8(9)10;1-10-5-2-3-6(8)7(9)4-5;1-2/h5-8,19H,3-4H2,1-2H3;4-9,17H,3H2,1-2H3;3-5H,1-2H3,(H,11,12);4-6,11H,3H2,1-2H3;2-4H,9H2,1H3;1H3. The Kier molecular flexibility index (Phi) is 28.0. The first-order valence-electron chi connectivity index (χ1n) is 24.9. The van der Waals surface area contributed by atoms with E-state index in [-0.39, 0.29) is 39.8 Å². The van der Waals surface area contributed by atoms with Gasteiger partial charge in [-0.2, -0.15) is 5.11 Å². The molecule has 82 heavy (non-hydrogen) atoms. The van der Waals surface area contributed by atoms with Crippen LogP contribution in [0.15, 0.2) is 135 Å². The average molecular weight is 1140 g/mol. The number of halogens is 6. The minimum atomic E-state index is -0.501. The van der Waals surface area contributed by atoms with E-state index in [1.807, 2.05) is 27.7 Å². The molecular formula is C57H63BF6N10O8. The van der Waals surface area contributed by atoms with Gasteiger partial charge in [0, 0.05) is 99.8 Å².